The van der Waals surface area contributed by atoms with Gasteiger partial charge >= 0.3 is 0 Å². The smallest absolute Gasteiger partial charge is 0.213 e. The van der Waals surface area contributed by atoms with Crippen molar-refractivity contribution in [2.24, 2.45) is 16.8 Å². The van der Waals surface area contributed by atoms with Crippen molar-refractivity contribution in [3.63, 3.8) is 0 Å². The van der Waals surface area contributed by atoms with Crippen LogP contribution in [-0.4, -0.2) is 60.2 Å². The van der Waals surface area contributed by atoms with Crippen LogP contribution in [0.1, 0.15) is 83.6 Å². The molecule has 5 rings (SSSR count). The Balaban J connectivity index is 1.37. The average Bonchev–Trinajstić information content (AvgIpc) is 2.98. The van der Waals surface area contributed by atoms with Gasteiger partial charge < -0.3 is 9.64 Å². The maximum absolute atomic E-state index is 12.1. The van der Waals surface area contributed by atoms with Crippen molar-refractivity contribution < 1.29 is 9.53 Å². The second-order valence-corrected chi connectivity index (χ2v) is 12.0. The predicted octanol–water partition coefficient (Wildman–Crippen LogP) is 6.84. The van der Waals surface area contributed by atoms with Crippen LogP contribution in [0.4, 0.5) is 11.4 Å². The minimum absolute atomic E-state index is 0.386. The number of carbonyl (C=O) groups is 1. The molecule has 3 fully saturated rings. The molecule has 2 aromatic rings. The molecule has 1 aromatic carbocycles. The molecule has 4 atom stereocenters. The molecule has 210 valence electrons. The summed E-state index contributed by atoms with van der Waals surface area (Å²) in [7, 11) is 3.80. The number of hydrogen-bond acceptors (Lipinski definition) is 6. The third kappa shape index (κ3) is 6.06. The third-order valence-corrected chi connectivity index (χ3v) is 9.86. The summed E-state index contributed by atoms with van der Waals surface area (Å²) in [6, 6.07) is 14.4. The molecule has 39 heavy (non-hydrogen) atoms. The van der Waals surface area contributed by atoms with Gasteiger partial charge in [-0.15, -0.1) is 0 Å². The van der Waals surface area contributed by atoms with Gasteiger partial charge in [0.2, 0.25) is 5.88 Å². The van der Waals surface area contributed by atoms with Gasteiger partial charge in [-0.1, -0.05) is 45.2 Å². The zero-order chi connectivity index (χ0) is 27.4. The van der Waals surface area contributed by atoms with Crippen molar-refractivity contribution in [1.29, 1.82) is 0 Å². The third-order valence-electron chi connectivity index (χ3n) is 9.86. The highest BCUT2D eigenvalue weighted by molar-refractivity contribution is 6.37. The fraction of sp³-hybridized carbons (Fsp3) is 0.606. The van der Waals surface area contributed by atoms with E-state index in [-0.39, 0.29) is 0 Å². The lowest BCUT2D eigenvalue weighted by Gasteiger charge is -2.56. The van der Waals surface area contributed by atoms with E-state index < -0.39 is 0 Å². The number of rotatable bonds is 9. The normalized spacial score (nSPS) is 29.6. The van der Waals surface area contributed by atoms with Gasteiger partial charge in [-0.3, -0.25) is 9.69 Å². The van der Waals surface area contributed by atoms with E-state index in [4.69, 9.17) is 9.73 Å². The highest BCUT2D eigenvalue weighted by atomic mass is 16.5. The Hall–Kier alpha value is -2.73. The summed E-state index contributed by atoms with van der Waals surface area (Å²) in [6.07, 6.45) is 15.8. The molecular formula is C33H46N4O2. The summed E-state index contributed by atoms with van der Waals surface area (Å²) in [5.74, 6) is 2.26. The zero-order valence-corrected chi connectivity index (χ0v) is 24.3. The molecule has 2 saturated heterocycles. The number of aromatic nitrogens is 1. The number of nitrogens with zero attached hydrogens (tertiary/aromatic N) is 4. The van der Waals surface area contributed by atoms with E-state index in [1.807, 2.05) is 12.1 Å². The summed E-state index contributed by atoms with van der Waals surface area (Å²) in [6.45, 7) is 4.78. The lowest BCUT2D eigenvalue weighted by molar-refractivity contribution is -0.102. The number of fused-ring (bicyclic) bond motifs is 2. The van der Waals surface area contributed by atoms with Crippen molar-refractivity contribution in [2.45, 2.75) is 102 Å². The van der Waals surface area contributed by atoms with Crippen molar-refractivity contribution in [1.82, 2.24) is 9.88 Å². The number of carbonyl (C=O) groups excluding carboxylic acids is 1. The van der Waals surface area contributed by atoms with Gasteiger partial charge in [-0.05, 0) is 75.0 Å². The number of para-hydroxylation sites is 2. The first-order valence-electron chi connectivity index (χ1n) is 15.2. The Kier molecular flexibility index (Phi) is 9.01. The fourth-order valence-corrected chi connectivity index (χ4v) is 7.76. The summed E-state index contributed by atoms with van der Waals surface area (Å²) in [4.78, 5) is 26.6. The number of pyridine rings is 1. The monoisotopic (exact) mass is 530 g/mol. The average molecular weight is 531 g/mol. The Morgan fingerprint density at radius 2 is 1.72 bits per heavy atom. The van der Waals surface area contributed by atoms with Crippen molar-refractivity contribution in [2.75, 3.05) is 19.1 Å². The Labute approximate surface area is 234 Å². The maximum atomic E-state index is 12.1. The van der Waals surface area contributed by atoms with Gasteiger partial charge in [0.25, 0.3) is 0 Å². The van der Waals surface area contributed by atoms with E-state index in [9.17, 15) is 4.79 Å². The minimum atomic E-state index is 0.386. The van der Waals surface area contributed by atoms with E-state index in [1.54, 1.807) is 25.4 Å². The molecule has 1 saturated carbocycles. The van der Waals surface area contributed by atoms with E-state index in [0.717, 1.165) is 35.5 Å². The topological polar surface area (TPSA) is 58.0 Å². The van der Waals surface area contributed by atoms with Crippen molar-refractivity contribution >= 4 is 23.4 Å². The molecule has 0 spiro atoms. The number of aliphatic imine (C=N–C) groups is 1. The molecule has 0 radical (unpaired) electrons. The number of piperidine rings is 2. The van der Waals surface area contributed by atoms with Crippen LogP contribution in [0, 0.1) is 11.8 Å². The van der Waals surface area contributed by atoms with Gasteiger partial charge in [-0.2, -0.15) is 0 Å². The van der Waals surface area contributed by atoms with Gasteiger partial charge in [-0.25, -0.2) is 9.98 Å². The zero-order valence-electron chi connectivity index (χ0n) is 24.3. The van der Waals surface area contributed by atoms with Gasteiger partial charge in [0.15, 0.2) is 6.29 Å². The van der Waals surface area contributed by atoms with Gasteiger partial charge in [0.05, 0.1) is 18.5 Å². The highest BCUT2D eigenvalue weighted by Crippen LogP contribution is 2.44. The van der Waals surface area contributed by atoms with E-state index in [0.29, 0.717) is 35.3 Å². The van der Waals surface area contributed by atoms with Crippen molar-refractivity contribution in [3.05, 3.63) is 48.2 Å². The molecule has 3 heterocycles. The maximum Gasteiger partial charge on any atom is 0.213 e. The van der Waals surface area contributed by atoms with Crippen molar-refractivity contribution in [3.8, 4) is 5.88 Å². The first-order valence-corrected chi connectivity index (χ1v) is 15.2. The Morgan fingerprint density at radius 3 is 2.36 bits per heavy atom. The molecule has 0 N–H and O–H groups in total. The second-order valence-electron chi connectivity index (χ2n) is 12.0. The minimum Gasteiger partial charge on any atom is -0.481 e. The highest BCUT2D eigenvalue weighted by Gasteiger charge is 2.44. The predicted molar refractivity (Wildman–Crippen MR) is 159 cm³/mol. The molecule has 0 amide bonds. The molecule has 4 unspecified atom stereocenters. The molecular weight excluding hydrogens is 484 g/mol. The lowest BCUT2D eigenvalue weighted by Crippen LogP contribution is -2.60. The Bertz CT molecular complexity index is 1120. The summed E-state index contributed by atoms with van der Waals surface area (Å²) < 4.78 is 5.26. The first kappa shape index (κ1) is 27.8. The van der Waals surface area contributed by atoms with Crippen LogP contribution in [0.3, 0.4) is 0 Å². The van der Waals surface area contributed by atoms with E-state index in [1.165, 1.54) is 64.2 Å². The molecule has 6 nitrogen and oxygen atoms in total. The standard InChI is InChI=1S/C33H46N4O2/c1-5-23-16-24(6-2)18-29(17-23)37-26-10-9-11-27(37)21-28(20-26)36(3)32-13-8-7-12-30(32)35-31(22-38)25-14-15-34-33(19-25)39-4/h7-8,12-15,19,22-24,26-29H,5-6,9-11,16-18,20-21H2,1-4H3. The quantitative estimate of drug-likeness (QED) is 0.263. The number of anilines is 1. The van der Waals surface area contributed by atoms with Crippen LogP contribution in [0.15, 0.2) is 47.6 Å². The largest absolute Gasteiger partial charge is 0.481 e. The molecule has 2 aliphatic heterocycles. The summed E-state index contributed by atoms with van der Waals surface area (Å²) in [5, 5.41) is 0. The first-order chi connectivity index (χ1) is 19.0. The lowest BCUT2D eigenvalue weighted by atomic mass is 9.72. The Morgan fingerprint density at radius 1 is 1.03 bits per heavy atom. The number of methoxy groups -OCH3 is 1. The number of benzene rings is 1. The molecule has 1 aliphatic carbocycles. The molecule has 1 aromatic heterocycles. The van der Waals surface area contributed by atoms with Crippen LogP contribution in [-0.2, 0) is 4.79 Å². The van der Waals surface area contributed by atoms with E-state index in [2.05, 4.69) is 47.8 Å². The number of ether oxygens (including phenoxy) is 1. The van der Waals surface area contributed by atoms with Gasteiger partial charge in [0, 0.05) is 49.0 Å². The number of aldehydes is 1. The van der Waals surface area contributed by atoms with Crippen LogP contribution < -0.4 is 9.64 Å². The SMILES string of the molecule is CCC1CC(CC)CC(N2C3CCCC2CC(N(C)c2ccccc2N=C(C=O)c2ccnc(OC)c2)C3)C1. The summed E-state index contributed by atoms with van der Waals surface area (Å²) >= 11 is 0. The van der Waals surface area contributed by atoms with Crippen LogP contribution in [0.2, 0.25) is 0 Å². The molecule has 2 bridgehead atoms. The van der Waals surface area contributed by atoms with Crippen LogP contribution in [0.25, 0.3) is 0 Å². The molecule has 6 heteroatoms. The number of hydrogen-bond donors (Lipinski definition) is 0. The second kappa shape index (κ2) is 12.6. The van der Waals surface area contributed by atoms with Crippen LogP contribution in [0.5, 0.6) is 5.88 Å². The van der Waals surface area contributed by atoms with Crippen LogP contribution >= 0.6 is 0 Å². The van der Waals surface area contributed by atoms with E-state index >= 15 is 0 Å². The fourth-order valence-electron chi connectivity index (χ4n) is 7.76. The summed E-state index contributed by atoms with van der Waals surface area (Å²) in [5.41, 5.74) is 3.01. The molecule has 3 aliphatic rings. The van der Waals surface area contributed by atoms with Gasteiger partial charge in [0.1, 0.15) is 5.71 Å².